The molecule has 1 saturated carbocycles. The molecule has 32 heavy (non-hydrogen) atoms. The van der Waals surface area contributed by atoms with Gasteiger partial charge in [-0.05, 0) is 37.3 Å². The second kappa shape index (κ2) is 8.45. The van der Waals surface area contributed by atoms with Gasteiger partial charge in [0.25, 0.3) is 17.4 Å². The molecule has 2 amide bonds. The van der Waals surface area contributed by atoms with Crippen LogP contribution in [0.4, 0.5) is 0 Å². The SMILES string of the molecule is Cc1ccc(CNC(=O)c2cnn3c(O)c(C(=O)NC4CC4)c(=O)n(CC(C)C)c23)nc1. The van der Waals surface area contributed by atoms with Crippen molar-refractivity contribution in [2.45, 2.75) is 52.7 Å². The zero-order valence-corrected chi connectivity index (χ0v) is 18.3. The van der Waals surface area contributed by atoms with Gasteiger partial charge < -0.3 is 15.7 Å². The van der Waals surface area contributed by atoms with Gasteiger partial charge in [-0.15, -0.1) is 0 Å². The number of hydrogen-bond donors (Lipinski definition) is 3. The fourth-order valence-electron chi connectivity index (χ4n) is 3.44. The van der Waals surface area contributed by atoms with E-state index < -0.39 is 23.3 Å². The lowest BCUT2D eigenvalue weighted by Gasteiger charge is -2.15. The molecule has 1 aliphatic rings. The number of fused-ring (bicyclic) bond motifs is 1. The van der Waals surface area contributed by atoms with Crippen molar-refractivity contribution in [1.82, 2.24) is 29.8 Å². The molecule has 4 rings (SSSR count). The lowest BCUT2D eigenvalue weighted by atomic mass is 10.2. The highest BCUT2D eigenvalue weighted by Gasteiger charge is 2.30. The van der Waals surface area contributed by atoms with Crippen molar-refractivity contribution in [1.29, 1.82) is 0 Å². The van der Waals surface area contributed by atoms with E-state index >= 15 is 0 Å². The molecule has 0 radical (unpaired) electrons. The summed E-state index contributed by atoms with van der Waals surface area (Å²) in [5.74, 6) is -1.64. The largest absolute Gasteiger partial charge is 0.492 e. The maximum atomic E-state index is 13.2. The summed E-state index contributed by atoms with van der Waals surface area (Å²) in [5.41, 5.74) is 0.928. The molecule has 3 heterocycles. The average molecular weight is 438 g/mol. The Hall–Kier alpha value is -3.69. The molecular formula is C22H26N6O4. The quantitative estimate of drug-likeness (QED) is 0.511. The Morgan fingerprint density at radius 2 is 1.97 bits per heavy atom. The number of rotatable bonds is 7. The van der Waals surface area contributed by atoms with Gasteiger partial charge in [0, 0.05) is 18.8 Å². The Morgan fingerprint density at radius 1 is 1.22 bits per heavy atom. The topological polar surface area (TPSA) is 131 Å². The van der Waals surface area contributed by atoms with E-state index in [-0.39, 0.29) is 41.8 Å². The Kier molecular flexibility index (Phi) is 5.68. The molecule has 0 aromatic carbocycles. The number of pyridine rings is 1. The van der Waals surface area contributed by atoms with Crippen molar-refractivity contribution in [3.05, 3.63) is 57.3 Å². The van der Waals surface area contributed by atoms with Crippen LogP contribution < -0.4 is 16.2 Å². The van der Waals surface area contributed by atoms with E-state index in [1.165, 1.54) is 10.8 Å². The van der Waals surface area contributed by atoms with Crippen LogP contribution in [0.2, 0.25) is 0 Å². The summed E-state index contributed by atoms with van der Waals surface area (Å²) in [5, 5.41) is 20.3. The summed E-state index contributed by atoms with van der Waals surface area (Å²) < 4.78 is 2.41. The van der Waals surface area contributed by atoms with Gasteiger partial charge in [-0.3, -0.25) is 23.9 Å². The number of nitrogens with zero attached hydrogens (tertiary/aromatic N) is 4. The Labute approximate surface area is 184 Å². The van der Waals surface area contributed by atoms with Gasteiger partial charge in [-0.2, -0.15) is 9.61 Å². The predicted molar refractivity (Wildman–Crippen MR) is 117 cm³/mol. The number of aromatic nitrogens is 4. The monoisotopic (exact) mass is 438 g/mol. The van der Waals surface area contributed by atoms with Crippen LogP contribution >= 0.6 is 0 Å². The van der Waals surface area contributed by atoms with Crippen LogP contribution in [0.25, 0.3) is 5.65 Å². The lowest BCUT2D eigenvalue weighted by Crippen LogP contribution is -2.36. The Bertz CT molecular complexity index is 1240. The average Bonchev–Trinajstić information content (AvgIpc) is 3.44. The summed E-state index contributed by atoms with van der Waals surface area (Å²) in [7, 11) is 0. The molecule has 0 spiro atoms. The number of carbonyl (C=O) groups excluding carboxylic acids is 2. The zero-order valence-electron chi connectivity index (χ0n) is 18.3. The van der Waals surface area contributed by atoms with Crippen LogP contribution in [-0.4, -0.2) is 42.1 Å². The highest BCUT2D eigenvalue weighted by atomic mass is 16.3. The Morgan fingerprint density at radius 3 is 2.59 bits per heavy atom. The highest BCUT2D eigenvalue weighted by molar-refractivity contribution is 6.01. The molecule has 168 valence electrons. The van der Waals surface area contributed by atoms with Crippen LogP contribution in [-0.2, 0) is 13.1 Å². The predicted octanol–water partition coefficient (Wildman–Crippen LogP) is 1.38. The number of amides is 2. The normalized spacial score (nSPS) is 13.5. The van der Waals surface area contributed by atoms with Gasteiger partial charge in [0.15, 0.2) is 11.2 Å². The van der Waals surface area contributed by atoms with Crippen LogP contribution in [0.15, 0.2) is 29.3 Å². The van der Waals surface area contributed by atoms with Crippen LogP contribution in [0.5, 0.6) is 5.88 Å². The van der Waals surface area contributed by atoms with Gasteiger partial charge in [0.05, 0.1) is 18.4 Å². The van der Waals surface area contributed by atoms with E-state index in [0.29, 0.717) is 5.69 Å². The highest BCUT2D eigenvalue weighted by Crippen LogP contribution is 2.23. The first-order chi connectivity index (χ1) is 15.3. The van der Waals surface area contributed by atoms with E-state index in [2.05, 4.69) is 20.7 Å². The van der Waals surface area contributed by atoms with Gasteiger partial charge in [-0.1, -0.05) is 19.9 Å². The molecule has 1 fully saturated rings. The van der Waals surface area contributed by atoms with Crippen LogP contribution in [0.3, 0.4) is 0 Å². The maximum Gasteiger partial charge on any atom is 0.270 e. The Balaban J connectivity index is 1.73. The molecule has 0 unspecified atom stereocenters. The van der Waals surface area contributed by atoms with Crippen molar-refractivity contribution in [2.75, 3.05) is 0 Å². The number of nitrogens with one attached hydrogen (secondary N) is 2. The van der Waals surface area contributed by atoms with E-state index in [4.69, 9.17) is 0 Å². The minimum atomic E-state index is -0.656. The summed E-state index contributed by atoms with van der Waals surface area (Å²) in [6.45, 7) is 6.20. The molecule has 3 aromatic rings. The minimum absolute atomic E-state index is 0.0184. The van der Waals surface area contributed by atoms with Crippen LogP contribution in [0, 0.1) is 12.8 Å². The smallest absolute Gasteiger partial charge is 0.270 e. The number of aryl methyl sites for hydroxylation is 1. The molecule has 0 saturated heterocycles. The summed E-state index contributed by atoms with van der Waals surface area (Å²) >= 11 is 0. The summed E-state index contributed by atoms with van der Waals surface area (Å²) in [4.78, 5) is 43.0. The van der Waals surface area contributed by atoms with Crippen molar-refractivity contribution >= 4 is 17.5 Å². The fourth-order valence-corrected chi connectivity index (χ4v) is 3.44. The van der Waals surface area contributed by atoms with Crippen molar-refractivity contribution in [3.8, 4) is 5.88 Å². The van der Waals surface area contributed by atoms with Gasteiger partial charge in [0.2, 0.25) is 5.88 Å². The molecule has 1 aliphatic carbocycles. The van der Waals surface area contributed by atoms with Gasteiger partial charge >= 0.3 is 0 Å². The third-order valence-electron chi connectivity index (χ3n) is 5.22. The number of carbonyl (C=O) groups is 2. The van der Waals surface area contributed by atoms with Crippen molar-refractivity contribution < 1.29 is 14.7 Å². The maximum absolute atomic E-state index is 13.2. The standard InChI is InChI=1S/C22H26N6O4/c1-12(2)11-27-20-16(18(29)24-9-15-5-4-13(3)8-23-15)10-25-28(20)22(32)17(21(27)31)19(30)26-14-6-7-14/h4-5,8,10,12,14,32H,6-7,9,11H2,1-3H3,(H,24,29)(H,26,30). The molecule has 10 heteroatoms. The fraction of sp³-hybridized carbons (Fsp3) is 0.409. The molecular weight excluding hydrogens is 412 g/mol. The van der Waals surface area contributed by atoms with E-state index in [0.717, 1.165) is 22.9 Å². The first kappa shape index (κ1) is 21.5. The minimum Gasteiger partial charge on any atom is -0.492 e. The third kappa shape index (κ3) is 4.20. The molecule has 10 nitrogen and oxygen atoms in total. The van der Waals surface area contributed by atoms with Crippen molar-refractivity contribution in [3.63, 3.8) is 0 Å². The zero-order chi connectivity index (χ0) is 23.0. The molecule has 3 aromatic heterocycles. The molecule has 3 N–H and O–H groups in total. The molecule has 0 aliphatic heterocycles. The second-order valence-corrected chi connectivity index (χ2v) is 8.56. The molecule has 0 atom stereocenters. The van der Waals surface area contributed by atoms with E-state index in [1.807, 2.05) is 32.9 Å². The van der Waals surface area contributed by atoms with Crippen LogP contribution in [0.1, 0.15) is 58.7 Å². The van der Waals surface area contributed by atoms with Crippen molar-refractivity contribution in [2.24, 2.45) is 5.92 Å². The third-order valence-corrected chi connectivity index (χ3v) is 5.22. The second-order valence-electron chi connectivity index (χ2n) is 8.56. The molecule has 0 bridgehead atoms. The summed E-state index contributed by atoms with van der Waals surface area (Å²) in [6.07, 6.45) is 4.68. The number of hydrogen-bond acceptors (Lipinski definition) is 6. The van der Waals surface area contributed by atoms with E-state index in [1.54, 1.807) is 6.20 Å². The lowest BCUT2D eigenvalue weighted by molar-refractivity contribution is 0.0940. The summed E-state index contributed by atoms with van der Waals surface area (Å²) in [6, 6.07) is 3.73. The first-order valence-electron chi connectivity index (χ1n) is 10.6. The van der Waals surface area contributed by atoms with E-state index in [9.17, 15) is 19.5 Å². The van der Waals surface area contributed by atoms with Gasteiger partial charge in [-0.25, -0.2) is 0 Å². The number of aromatic hydroxyl groups is 1. The first-order valence-corrected chi connectivity index (χ1v) is 10.6. The van der Waals surface area contributed by atoms with Gasteiger partial charge in [0.1, 0.15) is 5.56 Å².